The Bertz CT molecular complexity index is 926. The van der Waals surface area contributed by atoms with E-state index in [1.807, 2.05) is 23.2 Å². The van der Waals surface area contributed by atoms with Crippen molar-refractivity contribution in [2.45, 2.75) is 71.3 Å². The number of aryl methyl sites for hydroxylation is 2. The third-order valence-electron chi connectivity index (χ3n) is 6.49. The highest BCUT2D eigenvalue weighted by Crippen LogP contribution is 2.16. The van der Waals surface area contributed by atoms with Gasteiger partial charge in [0.25, 0.3) is 0 Å². The molecular formula is C21H37IN10O. The van der Waals surface area contributed by atoms with Crippen molar-refractivity contribution in [3.63, 3.8) is 0 Å². The van der Waals surface area contributed by atoms with Gasteiger partial charge in [0, 0.05) is 39.2 Å². The molecule has 0 radical (unpaired) electrons. The first-order valence-corrected chi connectivity index (χ1v) is 11.6. The van der Waals surface area contributed by atoms with Crippen LogP contribution in [0.3, 0.4) is 0 Å². The number of likely N-dealkylation sites (N-methyl/N-ethyl adjacent to an activating group) is 1. The zero-order valence-electron chi connectivity index (χ0n) is 20.1. The van der Waals surface area contributed by atoms with Gasteiger partial charge in [-0.05, 0) is 39.3 Å². The van der Waals surface area contributed by atoms with Crippen LogP contribution in [0.15, 0.2) is 4.99 Å². The number of guanidine groups is 1. The van der Waals surface area contributed by atoms with Crippen LogP contribution in [0.4, 0.5) is 0 Å². The number of nitrogens with one attached hydrogen (secondary N) is 2. The summed E-state index contributed by atoms with van der Waals surface area (Å²) in [5, 5.41) is 20.2. The van der Waals surface area contributed by atoms with Gasteiger partial charge in [0.1, 0.15) is 24.8 Å². The fourth-order valence-corrected chi connectivity index (χ4v) is 4.51. The number of hydrogen-bond acceptors (Lipinski definition) is 7. The molecule has 184 valence electrons. The van der Waals surface area contributed by atoms with Gasteiger partial charge in [0.2, 0.25) is 0 Å². The summed E-state index contributed by atoms with van der Waals surface area (Å²) >= 11 is 0. The molecule has 0 aliphatic carbocycles. The van der Waals surface area contributed by atoms with Crippen LogP contribution < -0.4 is 10.6 Å². The Kier molecular flexibility index (Phi) is 9.44. The molecule has 33 heavy (non-hydrogen) atoms. The quantitative estimate of drug-likeness (QED) is 0.274. The molecule has 1 fully saturated rings. The van der Waals surface area contributed by atoms with E-state index < -0.39 is 0 Å². The van der Waals surface area contributed by atoms with Gasteiger partial charge in [-0.25, -0.2) is 14.7 Å². The number of likely N-dealkylation sites (tertiary alicyclic amines) is 1. The lowest BCUT2D eigenvalue weighted by Crippen LogP contribution is -2.50. The van der Waals surface area contributed by atoms with E-state index >= 15 is 0 Å². The maximum atomic E-state index is 5.18. The molecule has 0 spiro atoms. The van der Waals surface area contributed by atoms with Crippen LogP contribution in [-0.2, 0) is 37.9 Å². The smallest absolute Gasteiger partial charge is 0.192 e. The summed E-state index contributed by atoms with van der Waals surface area (Å²) in [7, 11) is 3.64. The summed E-state index contributed by atoms with van der Waals surface area (Å²) in [4.78, 5) is 12.0. The van der Waals surface area contributed by atoms with Gasteiger partial charge in [0.05, 0.1) is 6.54 Å². The first-order chi connectivity index (χ1) is 15.6. The van der Waals surface area contributed by atoms with Crippen LogP contribution in [0.1, 0.15) is 49.5 Å². The summed E-state index contributed by atoms with van der Waals surface area (Å²) in [5.41, 5.74) is 0. The van der Waals surface area contributed by atoms with Crippen molar-refractivity contribution in [2.24, 2.45) is 12.0 Å². The van der Waals surface area contributed by atoms with Crippen LogP contribution >= 0.6 is 24.0 Å². The molecule has 4 rings (SSSR count). The Hall–Kier alpha value is -1.80. The molecule has 0 saturated carbocycles. The Morgan fingerprint density at radius 2 is 2.12 bits per heavy atom. The molecule has 0 bridgehead atoms. The van der Waals surface area contributed by atoms with Crippen molar-refractivity contribution in [3.05, 3.63) is 23.3 Å². The van der Waals surface area contributed by atoms with Gasteiger partial charge < -0.3 is 19.9 Å². The number of aliphatic imine (C=N–C) groups is 1. The Balaban J connectivity index is 0.00000306. The summed E-state index contributed by atoms with van der Waals surface area (Å²) in [6, 6.07) is 0.784. The standard InChI is InChI=1S/C21H36N10O.HI/c1-5-30-10-6-7-17(30)11-22-21(23-12-20-27-26-15(2)29(20)3)24-16-8-9-19-25-18(14-32-4)28-31(19)13-16;/h16-17H,5-14H2,1-4H3,(H2,22,23,24);1H. The van der Waals surface area contributed by atoms with E-state index in [2.05, 4.69) is 42.7 Å². The van der Waals surface area contributed by atoms with Gasteiger partial charge in [0.15, 0.2) is 17.6 Å². The number of rotatable bonds is 8. The van der Waals surface area contributed by atoms with E-state index in [1.165, 1.54) is 19.4 Å². The van der Waals surface area contributed by atoms with Crippen molar-refractivity contribution >= 4 is 29.9 Å². The highest BCUT2D eigenvalue weighted by molar-refractivity contribution is 14.0. The zero-order chi connectivity index (χ0) is 22.5. The highest BCUT2D eigenvalue weighted by Gasteiger charge is 2.25. The Morgan fingerprint density at radius 3 is 2.85 bits per heavy atom. The fraction of sp³-hybridized carbons (Fsp3) is 0.762. The van der Waals surface area contributed by atoms with Crippen molar-refractivity contribution in [3.8, 4) is 0 Å². The van der Waals surface area contributed by atoms with E-state index in [-0.39, 0.29) is 30.0 Å². The summed E-state index contributed by atoms with van der Waals surface area (Å²) < 4.78 is 9.16. The van der Waals surface area contributed by atoms with Crippen LogP contribution in [0.25, 0.3) is 0 Å². The predicted molar refractivity (Wildman–Crippen MR) is 137 cm³/mol. The van der Waals surface area contributed by atoms with Crippen molar-refractivity contribution in [1.82, 2.24) is 45.1 Å². The second-order valence-corrected chi connectivity index (χ2v) is 8.63. The highest BCUT2D eigenvalue weighted by atomic mass is 127. The van der Waals surface area contributed by atoms with Gasteiger partial charge in [-0.15, -0.1) is 34.2 Å². The normalized spacial score (nSPS) is 21.0. The van der Waals surface area contributed by atoms with Crippen LogP contribution in [0.5, 0.6) is 0 Å². The Labute approximate surface area is 212 Å². The van der Waals surface area contributed by atoms with Crippen LogP contribution in [-0.4, -0.2) is 79.2 Å². The molecule has 2 aromatic heterocycles. The van der Waals surface area contributed by atoms with E-state index in [0.717, 1.165) is 61.7 Å². The minimum absolute atomic E-state index is 0. The van der Waals surface area contributed by atoms with E-state index in [4.69, 9.17) is 9.73 Å². The monoisotopic (exact) mass is 572 g/mol. The molecule has 2 aliphatic rings. The zero-order valence-corrected chi connectivity index (χ0v) is 22.5. The second kappa shape index (κ2) is 12.1. The SMILES string of the molecule is CCN1CCCC1CNC(=NCc1nnc(C)n1C)NC1CCc2nc(COC)nn2C1.I. The van der Waals surface area contributed by atoms with Gasteiger partial charge in [-0.3, -0.25) is 4.90 Å². The molecule has 12 heteroatoms. The third kappa shape index (κ3) is 6.41. The minimum atomic E-state index is 0. The number of ether oxygens (including phenoxy) is 1. The molecule has 2 aliphatic heterocycles. The number of aromatic nitrogens is 6. The molecule has 0 aromatic carbocycles. The first-order valence-electron chi connectivity index (χ1n) is 11.6. The molecule has 2 aromatic rings. The van der Waals surface area contributed by atoms with Crippen LogP contribution in [0.2, 0.25) is 0 Å². The van der Waals surface area contributed by atoms with E-state index in [9.17, 15) is 0 Å². The number of fused-ring (bicyclic) bond motifs is 1. The largest absolute Gasteiger partial charge is 0.377 e. The van der Waals surface area contributed by atoms with Gasteiger partial charge in [-0.1, -0.05) is 6.92 Å². The molecule has 2 unspecified atom stereocenters. The average molecular weight is 573 g/mol. The average Bonchev–Trinajstić information content (AvgIpc) is 3.49. The number of hydrogen-bond donors (Lipinski definition) is 2. The summed E-state index contributed by atoms with van der Waals surface area (Å²) in [6.45, 7) is 9.03. The minimum Gasteiger partial charge on any atom is -0.377 e. The van der Waals surface area contributed by atoms with E-state index in [0.29, 0.717) is 19.2 Å². The molecular weight excluding hydrogens is 535 g/mol. The maximum absolute atomic E-state index is 5.18. The molecule has 0 amide bonds. The topological polar surface area (TPSA) is 110 Å². The number of nitrogens with zero attached hydrogens (tertiary/aromatic N) is 8. The van der Waals surface area contributed by atoms with Crippen molar-refractivity contribution < 1.29 is 4.74 Å². The Morgan fingerprint density at radius 1 is 1.27 bits per heavy atom. The first kappa shape index (κ1) is 25.8. The van der Waals surface area contributed by atoms with Crippen molar-refractivity contribution in [2.75, 3.05) is 26.7 Å². The molecule has 4 heterocycles. The van der Waals surface area contributed by atoms with Gasteiger partial charge in [-0.2, -0.15) is 5.10 Å². The van der Waals surface area contributed by atoms with Crippen LogP contribution in [0, 0.1) is 6.92 Å². The van der Waals surface area contributed by atoms with Gasteiger partial charge >= 0.3 is 0 Å². The molecule has 1 saturated heterocycles. The number of halogens is 1. The summed E-state index contributed by atoms with van der Waals surface area (Å²) in [6.07, 6.45) is 4.36. The maximum Gasteiger partial charge on any atom is 0.192 e. The van der Waals surface area contributed by atoms with E-state index in [1.54, 1.807) is 7.11 Å². The second-order valence-electron chi connectivity index (χ2n) is 8.63. The summed E-state index contributed by atoms with van der Waals surface area (Å²) in [5.74, 6) is 4.33. The molecule has 11 nitrogen and oxygen atoms in total. The van der Waals surface area contributed by atoms with Crippen molar-refractivity contribution in [1.29, 1.82) is 0 Å². The lowest BCUT2D eigenvalue weighted by Gasteiger charge is -2.27. The lowest BCUT2D eigenvalue weighted by atomic mass is 10.1. The predicted octanol–water partition coefficient (Wildman–Crippen LogP) is 1.01. The number of methoxy groups -OCH3 is 1. The lowest BCUT2D eigenvalue weighted by molar-refractivity contribution is 0.177. The molecule has 2 atom stereocenters. The molecule has 2 N–H and O–H groups in total. The fourth-order valence-electron chi connectivity index (χ4n) is 4.51. The third-order valence-corrected chi connectivity index (χ3v) is 6.49.